The quantitative estimate of drug-likeness (QED) is 0.795. The van der Waals surface area contributed by atoms with E-state index in [0.717, 1.165) is 43.6 Å². The van der Waals surface area contributed by atoms with Crippen LogP contribution < -0.4 is 10.5 Å². The molecule has 0 aromatic heterocycles. The van der Waals surface area contributed by atoms with Crippen LogP contribution in [-0.2, 0) is 6.54 Å². The molecule has 1 aromatic rings. The van der Waals surface area contributed by atoms with Gasteiger partial charge in [0.05, 0.1) is 0 Å². The molecule has 0 amide bonds. The molecular formula is C17H29N3O. The molecule has 0 spiro atoms. The number of nitrogens with zero attached hydrogens (tertiary/aromatic N) is 2. The number of likely N-dealkylation sites (tertiary alicyclic amines) is 1. The average Bonchev–Trinajstić information content (AvgIpc) is 2.98. The molecule has 1 aromatic carbocycles. The van der Waals surface area contributed by atoms with Crippen molar-refractivity contribution < 1.29 is 4.74 Å². The van der Waals surface area contributed by atoms with E-state index in [2.05, 4.69) is 23.6 Å². The molecule has 1 heterocycles. The minimum absolute atomic E-state index is 0.584. The van der Waals surface area contributed by atoms with E-state index in [1.807, 2.05) is 24.3 Å². The average molecular weight is 291 g/mol. The Morgan fingerprint density at radius 1 is 1.24 bits per heavy atom. The molecule has 0 radical (unpaired) electrons. The molecule has 1 aliphatic rings. The summed E-state index contributed by atoms with van der Waals surface area (Å²) in [5.74, 6) is 0.937. The van der Waals surface area contributed by atoms with Crippen molar-refractivity contribution in [3.63, 3.8) is 0 Å². The molecule has 118 valence electrons. The minimum Gasteiger partial charge on any atom is -0.492 e. The van der Waals surface area contributed by atoms with Crippen molar-refractivity contribution in [2.24, 2.45) is 5.73 Å². The zero-order valence-corrected chi connectivity index (χ0v) is 13.4. The van der Waals surface area contributed by atoms with Gasteiger partial charge >= 0.3 is 0 Å². The molecule has 0 saturated carbocycles. The van der Waals surface area contributed by atoms with Gasteiger partial charge in [0.2, 0.25) is 0 Å². The molecule has 2 N–H and O–H groups in total. The second kappa shape index (κ2) is 8.37. The summed E-state index contributed by atoms with van der Waals surface area (Å²) in [4.78, 5) is 5.07. The van der Waals surface area contributed by atoms with E-state index in [4.69, 9.17) is 10.5 Å². The van der Waals surface area contributed by atoms with Crippen LogP contribution in [0.5, 0.6) is 5.75 Å². The third-order valence-corrected chi connectivity index (χ3v) is 4.41. The zero-order chi connectivity index (χ0) is 15.1. The van der Waals surface area contributed by atoms with Gasteiger partial charge in [-0.2, -0.15) is 0 Å². The van der Waals surface area contributed by atoms with Crippen molar-refractivity contribution in [3.05, 3.63) is 29.8 Å². The second-order valence-electron chi connectivity index (χ2n) is 5.66. The molecule has 4 nitrogen and oxygen atoms in total. The van der Waals surface area contributed by atoms with E-state index >= 15 is 0 Å². The smallest absolute Gasteiger partial charge is 0.119 e. The number of benzene rings is 1. The first-order valence-electron chi connectivity index (χ1n) is 8.15. The first-order valence-corrected chi connectivity index (χ1v) is 8.15. The van der Waals surface area contributed by atoms with Crippen LogP contribution in [0.15, 0.2) is 24.3 Å². The summed E-state index contributed by atoms with van der Waals surface area (Å²) in [6.45, 7) is 11.5. The van der Waals surface area contributed by atoms with Crippen LogP contribution >= 0.6 is 0 Å². The highest BCUT2D eigenvalue weighted by Gasteiger charge is 2.25. The topological polar surface area (TPSA) is 41.7 Å². The van der Waals surface area contributed by atoms with E-state index < -0.39 is 0 Å². The Morgan fingerprint density at radius 2 is 1.95 bits per heavy atom. The number of ether oxygens (including phenoxy) is 1. The fourth-order valence-corrected chi connectivity index (χ4v) is 3.07. The number of hydrogen-bond donors (Lipinski definition) is 1. The normalized spacial score (nSPS) is 19.3. The third kappa shape index (κ3) is 4.70. The third-order valence-electron chi connectivity index (χ3n) is 4.41. The van der Waals surface area contributed by atoms with Gasteiger partial charge in [0.25, 0.3) is 0 Å². The summed E-state index contributed by atoms with van der Waals surface area (Å²) in [6, 6.07) is 8.79. The van der Waals surface area contributed by atoms with Gasteiger partial charge in [-0.1, -0.05) is 26.0 Å². The van der Waals surface area contributed by atoms with Crippen molar-refractivity contribution >= 4 is 0 Å². The largest absolute Gasteiger partial charge is 0.492 e. The van der Waals surface area contributed by atoms with Gasteiger partial charge in [0.15, 0.2) is 0 Å². The van der Waals surface area contributed by atoms with Crippen LogP contribution in [0.1, 0.15) is 25.8 Å². The highest BCUT2D eigenvalue weighted by atomic mass is 16.5. The maximum absolute atomic E-state index is 5.82. The van der Waals surface area contributed by atoms with Crippen molar-refractivity contribution in [1.29, 1.82) is 0 Å². The molecule has 1 saturated heterocycles. The first kappa shape index (κ1) is 16.3. The Hall–Kier alpha value is -1.10. The Balaban J connectivity index is 1.69. The summed E-state index contributed by atoms with van der Waals surface area (Å²) in [5.41, 5.74) is 6.73. The van der Waals surface area contributed by atoms with Crippen molar-refractivity contribution in [3.8, 4) is 5.75 Å². The van der Waals surface area contributed by atoms with E-state index in [0.29, 0.717) is 6.54 Å². The molecule has 0 aliphatic carbocycles. The Bertz CT molecular complexity index is 403. The van der Waals surface area contributed by atoms with Crippen molar-refractivity contribution in [2.75, 3.05) is 39.3 Å². The van der Waals surface area contributed by atoms with Crippen LogP contribution in [0.2, 0.25) is 0 Å². The van der Waals surface area contributed by atoms with E-state index in [-0.39, 0.29) is 0 Å². The fraction of sp³-hybridized carbons (Fsp3) is 0.647. The number of hydrogen-bond acceptors (Lipinski definition) is 4. The lowest BCUT2D eigenvalue weighted by Crippen LogP contribution is -2.37. The predicted octanol–water partition coefficient (Wildman–Crippen LogP) is 1.94. The van der Waals surface area contributed by atoms with Crippen LogP contribution in [0, 0.1) is 0 Å². The summed E-state index contributed by atoms with van der Waals surface area (Å²) in [6.07, 6.45) is 1.28. The number of nitrogens with two attached hydrogens (primary N) is 1. The van der Waals surface area contributed by atoms with E-state index in [9.17, 15) is 0 Å². The number of likely N-dealkylation sites (N-methyl/N-ethyl adjacent to an activating group) is 1. The van der Waals surface area contributed by atoms with Gasteiger partial charge in [-0.15, -0.1) is 0 Å². The highest BCUT2D eigenvalue weighted by molar-refractivity contribution is 5.27. The van der Waals surface area contributed by atoms with E-state index in [1.165, 1.54) is 19.5 Å². The Kier molecular flexibility index (Phi) is 6.49. The van der Waals surface area contributed by atoms with Crippen LogP contribution in [0.3, 0.4) is 0 Å². The SMILES string of the molecule is CCN(CC)C1CCN(CCOc2ccc(CN)cc2)C1. The summed E-state index contributed by atoms with van der Waals surface area (Å²) in [5, 5.41) is 0. The lowest BCUT2D eigenvalue weighted by atomic mass is 10.2. The van der Waals surface area contributed by atoms with Gasteiger partial charge in [0, 0.05) is 25.7 Å². The standard InChI is InChI=1S/C17H29N3O/c1-3-20(4-2)16-9-10-19(14-16)11-12-21-17-7-5-15(13-18)6-8-17/h5-8,16H,3-4,9-14,18H2,1-2H3. The molecule has 2 rings (SSSR count). The minimum atomic E-state index is 0.584. The Labute approximate surface area is 128 Å². The molecule has 4 heteroatoms. The molecule has 0 bridgehead atoms. The zero-order valence-electron chi connectivity index (χ0n) is 13.4. The predicted molar refractivity (Wildman–Crippen MR) is 87.6 cm³/mol. The molecule has 1 fully saturated rings. The Morgan fingerprint density at radius 3 is 2.57 bits per heavy atom. The van der Waals surface area contributed by atoms with Gasteiger partial charge < -0.3 is 10.5 Å². The molecule has 1 unspecified atom stereocenters. The molecular weight excluding hydrogens is 262 g/mol. The first-order chi connectivity index (χ1) is 10.3. The van der Waals surface area contributed by atoms with Crippen molar-refractivity contribution in [1.82, 2.24) is 9.80 Å². The second-order valence-corrected chi connectivity index (χ2v) is 5.66. The van der Waals surface area contributed by atoms with Crippen LogP contribution in [0.4, 0.5) is 0 Å². The maximum Gasteiger partial charge on any atom is 0.119 e. The molecule has 1 atom stereocenters. The number of rotatable bonds is 8. The lowest BCUT2D eigenvalue weighted by Gasteiger charge is -2.26. The monoisotopic (exact) mass is 291 g/mol. The summed E-state index contributed by atoms with van der Waals surface area (Å²) < 4.78 is 5.82. The summed E-state index contributed by atoms with van der Waals surface area (Å²) in [7, 11) is 0. The lowest BCUT2D eigenvalue weighted by molar-refractivity contribution is 0.195. The van der Waals surface area contributed by atoms with Crippen LogP contribution in [-0.4, -0.2) is 55.2 Å². The van der Waals surface area contributed by atoms with Gasteiger partial charge in [-0.25, -0.2) is 0 Å². The molecule has 1 aliphatic heterocycles. The van der Waals surface area contributed by atoms with Gasteiger partial charge in [-0.05, 0) is 43.8 Å². The molecule has 21 heavy (non-hydrogen) atoms. The fourth-order valence-electron chi connectivity index (χ4n) is 3.07. The van der Waals surface area contributed by atoms with Gasteiger partial charge in [0.1, 0.15) is 12.4 Å². The summed E-state index contributed by atoms with van der Waals surface area (Å²) >= 11 is 0. The maximum atomic E-state index is 5.82. The van der Waals surface area contributed by atoms with E-state index in [1.54, 1.807) is 0 Å². The highest BCUT2D eigenvalue weighted by Crippen LogP contribution is 2.16. The van der Waals surface area contributed by atoms with Gasteiger partial charge in [-0.3, -0.25) is 9.80 Å². The van der Waals surface area contributed by atoms with Crippen molar-refractivity contribution in [2.45, 2.75) is 32.9 Å². The van der Waals surface area contributed by atoms with Crippen LogP contribution in [0.25, 0.3) is 0 Å².